The van der Waals surface area contributed by atoms with E-state index < -0.39 is 0 Å². The van der Waals surface area contributed by atoms with Gasteiger partial charge in [-0.25, -0.2) is 0 Å². The first kappa shape index (κ1) is 18.0. The van der Waals surface area contributed by atoms with E-state index in [0.717, 1.165) is 0 Å². The first-order valence-electron chi connectivity index (χ1n) is 7.61. The molecule has 0 aliphatic heterocycles. The van der Waals surface area contributed by atoms with Crippen molar-refractivity contribution in [2.24, 2.45) is 0 Å². The van der Waals surface area contributed by atoms with Crippen LogP contribution in [0.3, 0.4) is 0 Å². The van der Waals surface area contributed by atoms with Gasteiger partial charge in [-0.1, -0.05) is 77.6 Å². The van der Waals surface area contributed by atoms with Crippen LogP contribution in [0.15, 0.2) is 0 Å². The van der Waals surface area contributed by atoms with Crippen molar-refractivity contribution in [3.05, 3.63) is 0 Å². The summed E-state index contributed by atoms with van der Waals surface area (Å²) in [5.74, 6) is 0. The molecule has 0 saturated heterocycles. The van der Waals surface area contributed by atoms with E-state index in [1.165, 1.54) is 36.8 Å². The molecule has 2 aliphatic carbocycles. The van der Waals surface area contributed by atoms with Crippen LogP contribution in [0, 0.1) is 0 Å². The molecule has 0 nitrogen and oxygen atoms in total. The Morgan fingerprint density at radius 2 is 0.824 bits per heavy atom. The molecule has 2 rings (SSSR count). The van der Waals surface area contributed by atoms with Gasteiger partial charge in [-0.3, -0.25) is 0 Å². The minimum atomic E-state index is -0.223. The molecule has 2 fully saturated rings. The fourth-order valence-corrected chi connectivity index (χ4v) is 6.86. The van der Waals surface area contributed by atoms with Crippen LogP contribution in [0.1, 0.15) is 51.4 Å². The third kappa shape index (κ3) is 7.20. The molecule has 0 atom stereocenters. The molecule has 0 N–H and O–H groups in total. The maximum absolute atomic E-state index is 2.48. The van der Waals surface area contributed by atoms with E-state index in [2.05, 4.69) is 26.2 Å². The van der Waals surface area contributed by atoms with Gasteiger partial charge in [0.25, 0.3) is 0 Å². The van der Waals surface area contributed by atoms with Crippen LogP contribution >= 0.6 is 0 Å². The summed E-state index contributed by atoms with van der Waals surface area (Å²) in [4.78, 5) is 0. The van der Waals surface area contributed by atoms with Crippen molar-refractivity contribution in [3.63, 3.8) is 0 Å². The van der Waals surface area contributed by atoms with E-state index in [1.54, 1.807) is 25.7 Å². The van der Waals surface area contributed by atoms with E-state index in [4.69, 9.17) is 0 Å². The topological polar surface area (TPSA) is 0 Å². The fourth-order valence-electron chi connectivity index (χ4n) is 3.25. The second-order valence-electron chi connectivity index (χ2n) is 6.58. The van der Waals surface area contributed by atoms with Crippen molar-refractivity contribution in [3.8, 4) is 0 Å². The second kappa shape index (κ2) is 9.83. The molecule has 0 unspecified atom stereocenters. The van der Waals surface area contributed by atoms with Gasteiger partial charge in [-0.2, -0.15) is 0 Å². The third-order valence-electron chi connectivity index (χ3n) is 4.69. The Morgan fingerprint density at radius 1 is 0.588 bits per heavy atom. The van der Waals surface area contributed by atoms with Crippen molar-refractivity contribution >= 4 is 17.6 Å². The van der Waals surface area contributed by atoms with Gasteiger partial charge in [-0.15, -0.1) is 0 Å². The monoisotopic (exact) mass is 312 g/mol. The van der Waals surface area contributed by atoms with Crippen LogP contribution in [0.5, 0.6) is 0 Å². The van der Waals surface area contributed by atoms with Gasteiger partial charge >= 0.3 is 0 Å². The fraction of sp³-hybridized carbons (Fsp3) is 1.00. The van der Waals surface area contributed by atoms with Gasteiger partial charge in [-0.05, 0) is 11.1 Å². The summed E-state index contributed by atoms with van der Waals surface area (Å²) in [6, 6.07) is 0. The molecular formula is C14H32FeSi2. The molecule has 0 amide bonds. The molecule has 0 bridgehead atoms. The minimum absolute atomic E-state index is 0. The Kier molecular flexibility index (Phi) is 10.4. The normalized spacial score (nSPS) is 21.5. The molecule has 3 heteroatoms. The molecule has 0 aromatic carbocycles. The number of hydrogen-bond donors (Lipinski definition) is 0. The summed E-state index contributed by atoms with van der Waals surface area (Å²) >= 11 is 0. The molecule has 0 aromatic heterocycles. The van der Waals surface area contributed by atoms with Crippen LogP contribution in [0.25, 0.3) is 0 Å². The molecule has 0 spiro atoms. The first-order chi connectivity index (χ1) is 7.61. The molecule has 0 radical (unpaired) electrons. The summed E-state index contributed by atoms with van der Waals surface area (Å²) in [5, 5.41) is 0. The Morgan fingerprint density at radius 3 is 0.941 bits per heavy atom. The van der Waals surface area contributed by atoms with E-state index in [0.29, 0.717) is 0 Å². The van der Waals surface area contributed by atoms with Crippen molar-refractivity contribution in [1.29, 1.82) is 0 Å². The second-order valence-corrected chi connectivity index (χ2v) is 13.4. The van der Waals surface area contributed by atoms with Crippen LogP contribution in [-0.4, -0.2) is 17.6 Å². The van der Waals surface area contributed by atoms with E-state index >= 15 is 0 Å². The van der Waals surface area contributed by atoms with Crippen LogP contribution in [0.4, 0.5) is 0 Å². The van der Waals surface area contributed by atoms with Gasteiger partial charge in [0.15, 0.2) is 0 Å². The third-order valence-corrected chi connectivity index (χ3v) is 9.79. The summed E-state index contributed by atoms with van der Waals surface area (Å²) < 4.78 is 0. The van der Waals surface area contributed by atoms with Crippen molar-refractivity contribution in [2.75, 3.05) is 0 Å². The summed E-state index contributed by atoms with van der Waals surface area (Å²) in [7, 11) is -0.446. The smallest absolute Gasteiger partial charge is 0.0337 e. The van der Waals surface area contributed by atoms with Gasteiger partial charge < -0.3 is 0 Å². The zero-order valence-corrected chi connectivity index (χ0v) is 15.7. The van der Waals surface area contributed by atoms with Gasteiger partial charge in [0.05, 0.1) is 0 Å². The molecule has 0 aromatic rings. The van der Waals surface area contributed by atoms with E-state index in [1.807, 2.05) is 0 Å². The predicted octanol–water partition coefficient (Wildman–Crippen LogP) is 4.83. The average molecular weight is 312 g/mol. The van der Waals surface area contributed by atoms with Crippen molar-refractivity contribution in [1.82, 2.24) is 0 Å². The standard InChI is InChI=1S/2C7H16Si.Fe/c2*1-8(2)7-5-3-4-6-7;/h2*7-8H,3-6H2,1-2H3;. The Labute approximate surface area is 123 Å². The molecular weight excluding hydrogens is 280 g/mol. The molecule has 104 valence electrons. The summed E-state index contributed by atoms with van der Waals surface area (Å²) in [6.07, 6.45) is 12.3. The molecule has 2 aliphatic rings. The zero-order valence-electron chi connectivity index (χ0n) is 12.3. The van der Waals surface area contributed by atoms with E-state index in [-0.39, 0.29) is 34.7 Å². The van der Waals surface area contributed by atoms with Crippen LogP contribution < -0.4 is 0 Å². The molecule has 17 heavy (non-hydrogen) atoms. The quantitative estimate of drug-likeness (QED) is 0.641. The van der Waals surface area contributed by atoms with Crippen molar-refractivity contribution < 1.29 is 17.1 Å². The largest absolute Gasteiger partial charge is 0.0720 e. The van der Waals surface area contributed by atoms with Gasteiger partial charge in [0.1, 0.15) is 0 Å². The van der Waals surface area contributed by atoms with Gasteiger partial charge in [0, 0.05) is 34.7 Å². The van der Waals surface area contributed by atoms with Crippen LogP contribution in [-0.2, 0) is 17.1 Å². The number of hydrogen-bond acceptors (Lipinski definition) is 0. The predicted molar refractivity (Wildman–Crippen MR) is 82.2 cm³/mol. The first-order valence-corrected chi connectivity index (χ1v) is 13.6. The molecule has 2 saturated carbocycles. The number of rotatable bonds is 2. The summed E-state index contributed by atoms with van der Waals surface area (Å²) in [6.45, 7) is 9.93. The Bertz CT molecular complexity index is 151. The Hall–Kier alpha value is 0.953. The maximum atomic E-state index is 2.48. The van der Waals surface area contributed by atoms with E-state index in [9.17, 15) is 0 Å². The van der Waals surface area contributed by atoms with Crippen LogP contribution in [0.2, 0.25) is 37.3 Å². The minimum Gasteiger partial charge on any atom is -0.0720 e. The summed E-state index contributed by atoms with van der Waals surface area (Å²) in [5.41, 5.74) is 2.41. The average Bonchev–Trinajstić information content (AvgIpc) is 2.93. The maximum Gasteiger partial charge on any atom is 0.0337 e. The molecule has 0 heterocycles. The SMILES string of the molecule is C[SiH](C)C1CCCC1.C[SiH](C)C1CCCC1.[Fe]. The zero-order chi connectivity index (χ0) is 12.0. The van der Waals surface area contributed by atoms with Crippen molar-refractivity contribution in [2.45, 2.75) is 88.6 Å². The van der Waals surface area contributed by atoms with Gasteiger partial charge in [0.2, 0.25) is 0 Å². The Balaban J connectivity index is 0.000000284.